The van der Waals surface area contributed by atoms with E-state index >= 15 is 4.79 Å². The number of aliphatic hydroxyl groups excluding tert-OH is 2. The number of methoxy groups -OCH3 is 1. The van der Waals surface area contributed by atoms with Gasteiger partial charge in [-0.2, -0.15) is 12.4 Å². The van der Waals surface area contributed by atoms with Crippen LogP contribution in [0.5, 0.6) is 28.7 Å². The maximum atomic E-state index is 15.8. The highest BCUT2D eigenvalue weighted by Crippen LogP contribution is 2.52. The molecule has 0 radical (unpaired) electrons. The van der Waals surface area contributed by atoms with Gasteiger partial charge in [0.25, 0.3) is 0 Å². The van der Waals surface area contributed by atoms with Gasteiger partial charge in [0.15, 0.2) is 23.0 Å². The summed E-state index contributed by atoms with van der Waals surface area (Å²) >= 11 is 0. The first-order chi connectivity index (χ1) is 33.8. The smallest absolute Gasteiger partial charge is 0.167 e. The standard InChI is InChI=1S/C56H64N3O9S2/c1-5-36-9-10-37-7-6-8-38(17-20-60)51(37)44(36)26-45-39(11-13-46(62)53(45)67-4)24-41(21-34-16-19-58-30-34)48(64)27-50(65)56(42-22-35(29-57-3)23-43(61)25-42)18-15-49-52-40(28-56)12-14-47(63)54(52)68-33-59-31-55(2,66)32-69-70-49/h6-16,18-19,22-23,25,30,41,48-49,57,59-64,66H,5,17,20-21,24,26-29,31-33H2,1-4H3/q-1. The van der Waals surface area contributed by atoms with Crippen molar-refractivity contribution in [3.05, 3.63) is 159 Å². The monoisotopic (exact) mass is 986 g/mol. The summed E-state index contributed by atoms with van der Waals surface area (Å²) in [5.41, 5.74) is 6.09. The Morgan fingerprint density at radius 1 is 0.986 bits per heavy atom. The Hall–Kier alpha value is -5.45. The number of β-amino-alcohol motifs (C(OH)–C–C–N with tert-alkyl or cyclic N) is 1. The van der Waals surface area contributed by atoms with Crippen LogP contribution in [0.1, 0.15) is 81.2 Å². The van der Waals surface area contributed by atoms with Gasteiger partial charge in [-0.05, 0) is 126 Å². The molecule has 0 fully saturated rings. The summed E-state index contributed by atoms with van der Waals surface area (Å²) in [6.45, 7) is 4.61. The minimum atomic E-state index is -1.40. The number of allylic oxidation sites excluding steroid dienone is 1. The summed E-state index contributed by atoms with van der Waals surface area (Å²) in [7, 11) is 6.35. The third-order valence-electron chi connectivity index (χ3n) is 13.8. The molecule has 8 rings (SSSR count). The van der Waals surface area contributed by atoms with Gasteiger partial charge in [0.2, 0.25) is 0 Å². The van der Waals surface area contributed by atoms with Crippen molar-refractivity contribution in [3.8, 4) is 28.7 Å². The first-order valence-electron chi connectivity index (χ1n) is 23.9. The number of rotatable bonds is 17. The summed E-state index contributed by atoms with van der Waals surface area (Å²) in [6, 6.07) is 24.4. The lowest BCUT2D eigenvalue weighted by Crippen LogP contribution is -2.41. The molecule has 2 aliphatic rings. The molecule has 12 nitrogen and oxygen atoms in total. The van der Waals surface area contributed by atoms with Crippen molar-refractivity contribution in [2.75, 3.05) is 39.8 Å². The van der Waals surface area contributed by atoms with E-state index in [9.17, 15) is 30.6 Å². The molecule has 0 bridgehead atoms. The number of hydrogen-bond acceptors (Lipinski definition) is 13. The zero-order valence-electron chi connectivity index (χ0n) is 40.2. The third-order valence-corrected chi connectivity index (χ3v) is 16.7. The summed E-state index contributed by atoms with van der Waals surface area (Å²) < 4.78 is 12.2. The second kappa shape index (κ2) is 22.3. The zero-order chi connectivity index (χ0) is 49.6. The predicted octanol–water partition coefficient (Wildman–Crippen LogP) is 7.91. The number of hydrogen-bond donors (Lipinski definition) is 8. The van der Waals surface area contributed by atoms with E-state index in [1.165, 1.54) is 21.6 Å². The first-order valence-corrected chi connectivity index (χ1v) is 26.3. The van der Waals surface area contributed by atoms with Gasteiger partial charge in [0.1, 0.15) is 18.3 Å². The molecule has 1 aliphatic carbocycles. The SMILES string of the molecule is CCc1ccc2cccc(CCO)c2c1Cc1c(CC(Cc2cc[n-]c2)C(O)CC(=O)C2(c3cc(O)cc(CNC)c3)C=CC3SSCC(C)(O)CNCOc4c(O)ccc(c43)C2)ccc(O)c1OC. The van der Waals surface area contributed by atoms with Gasteiger partial charge in [-0.3, -0.25) is 10.1 Å². The lowest BCUT2D eigenvalue weighted by molar-refractivity contribution is -0.125. The highest BCUT2D eigenvalue weighted by molar-refractivity contribution is 8.76. The number of phenolic OH excluding ortho intramolecular Hbond substituents is 3. The van der Waals surface area contributed by atoms with E-state index in [-0.39, 0.29) is 61.5 Å². The van der Waals surface area contributed by atoms with Gasteiger partial charge in [-0.15, -0.1) is 0 Å². The molecule has 5 atom stereocenters. The van der Waals surface area contributed by atoms with Crippen LogP contribution in [0.3, 0.4) is 0 Å². The summed E-state index contributed by atoms with van der Waals surface area (Å²) in [5.74, 6) is 0.170. The fourth-order valence-corrected chi connectivity index (χ4v) is 13.3. The molecule has 5 unspecified atom stereocenters. The number of Topliss-reactive ketones (excluding diaryl/α,β-unsaturated/α-hetero) is 1. The van der Waals surface area contributed by atoms with Crippen molar-refractivity contribution in [2.45, 2.75) is 87.7 Å². The average molecular weight is 987 g/mol. The molecule has 14 heteroatoms. The van der Waals surface area contributed by atoms with E-state index in [1.54, 1.807) is 50.7 Å². The number of nitrogens with zero attached hydrogens (tertiary/aromatic N) is 1. The number of aromatic hydroxyl groups is 3. The fraction of sp³-hybridized carbons (Fsp3) is 0.375. The molecule has 0 spiro atoms. The van der Waals surface area contributed by atoms with E-state index in [2.05, 4.69) is 40.7 Å². The largest absolute Gasteiger partial charge is 0.670 e. The molecule has 370 valence electrons. The highest BCUT2D eigenvalue weighted by atomic mass is 33.1. The van der Waals surface area contributed by atoms with Crippen molar-refractivity contribution < 1.29 is 44.9 Å². The Labute approximate surface area is 418 Å². The number of benzene rings is 5. The van der Waals surface area contributed by atoms with Crippen LogP contribution >= 0.6 is 21.6 Å². The minimum absolute atomic E-state index is 0.00343. The maximum absolute atomic E-state index is 15.8. The Balaban J connectivity index is 1.22. The van der Waals surface area contributed by atoms with Crippen molar-refractivity contribution in [2.24, 2.45) is 5.92 Å². The van der Waals surface area contributed by atoms with Crippen molar-refractivity contribution in [1.82, 2.24) is 15.6 Å². The number of carbonyl (C=O) groups excluding carboxylic acids is 1. The Kier molecular flexibility index (Phi) is 16.2. The van der Waals surface area contributed by atoms with Crippen LogP contribution in [-0.2, 0) is 55.3 Å². The van der Waals surface area contributed by atoms with Crippen LogP contribution in [0.2, 0.25) is 0 Å². The Morgan fingerprint density at radius 3 is 2.56 bits per heavy atom. The number of nitrogens with one attached hydrogen (secondary N) is 2. The molecule has 1 aliphatic heterocycles. The van der Waals surface area contributed by atoms with E-state index in [0.717, 1.165) is 61.7 Å². The number of phenols is 3. The van der Waals surface area contributed by atoms with Crippen molar-refractivity contribution >= 4 is 38.1 Å². The Morgan fingerprint density at radius 2 is 1.80 bits per heavy atom. The minimum Gasteiger partial charge on any atom is -0.670 e. The van der Waals surface area contributed by atoms with Crippen LogP contribution in [0, 0.1) is 5.92 Å². The van der Waals surface area contributed by atoms with Crippen LogP contribution in [0.4, 0.5) is 0 Å². The molecule has 0 amide bonds. The topological polar surface area (TPSA) is 195 Å². The molecule has 2 heterocycles. The summed E-state index contributed by atoms with van der Waals surface area (Å²) in [4.78, 5) is 20.1. The molecule has 6 aromatic rings. The number of aryl methyl sites for hydroxylation is 1. The quantitative estimate of drug-likeness (QED) is 0.0325. The van der Waals surface area contributed by atoms with Gasteiger partial charge >= 0.3 is 0 Å². The number of aromatic nitrogens is 1. The summed E-state index contributed by atoms with van der Waals surface area (Å²) in [5, 5.41) is 75.9. The van der Waals surface area contributed by atoms with E-state index in [0.29, 0.717) is 54.9 Å². The molecule has 8 N–H and O–H groups in total. The molecular weight excluding hydrogens is 923 g/mol. The highest BCUT2D eigenvalue weighted by Gasteiger charge is 2.44. The van der Waals surface area contributed by atoms with Gasteiger partial charge in [-0.25, -0.2) is 0 Å². The lowest BCUT2D eigenvalue weighted by Gasteiger charge is -2.33. The van der Waals surface area contributed by atoms with E-state index in [4.69, 9.17) is 9.47 Å². The van der Waals surface area contributed by atoms with Gasteiger partial charge in [-0.1, -0.05) is 101 Å². The average Bonchev–Trinajstić information content (AvgIpc) is 3.78. The Bertz CT molecular complexity index is 2830. The van der Waals surface area contributed by atoms with Gasteiger partial charge in [0.05, 0.1) is 29.5 Å². The van der Waals surface area contributed by atoms with Gasteiger partial charge in [0, 0.05) is 49.4 Å². The fourth-order valence-electron chi connectivity index (χ4n) is 10.3. The van der Waals surface area contributed by atoms with Crippen molar-refractivity contribution in [1.29, 1.82) is 0 Å². The lowest BCUT2D eigenvalue weighted by atomic mass is 9.69. The van der Waals surface area contributed by atoms with Crippen LogP contribution in [0.15, 0.2) is 103 Å². The number of ketones is 1. The van der Waals surface area contributed by atoms with Crippen LogP contribution in [-0.4, -0.2) is 87.9 Å². The zero-order valence-corrected chi connectivity index (χ0v) is 41.8. The first kappa shape index (κ1) is 50.9. The van der Waals surface area contributed by atoms with Crippen LogP contribution in [0.25, 0.3) is 10.8 Å². The number of aliphatic hydroxyl groups is 3. The molecule has 70 heavy (non-hydrogen) atoms. The molecule has 1 aromatic heterocycles. The third kappa shape index (κ3) is 11.0. The summed E-state index contributed by atoms with van der Waals surface area (Å²) in [6.07, 6.45) is 8.39. The normalized spacial score (nSPS) is 20.2. The van der Waals surface area contributed by atoms with Crippen molar-refractivity contribution in [3.63, 3.8) is 0 Å². The second-order valence-corrected chi connectivity index (χ2v) is 21.4. The number of carbonyl (C=O) groups is 1. The predicted molar refractivity (Wildman–Crippen MR) is 278 cm³/mol. The van der Waals surface area contributed by atoms with Gasteiger partial charge < -0.3 is 50.4 Å². The van der Waals surface area contributed by atoms with E-state index in [1.807, 2.05) is 55.6 Å². The molecule has 5 aromatic carbocycles. The van der Waals surface area contributed by atoms with Crippen LogP contribution < -0.4 is 25.1 Å². The number of ether oxygens (including phenoxy) is 2. The molecule has 0 saturated heterocycles. The number of fused-ring (bicyclic) bond motifs is 1. The molecular formula is C56H64N3O9S2-. The maximum Gasteiger partial charge on any atom is 0.167 e. The van der Waals surface area contributed by atoms with E-state index < -0.39 is 28.3 Å². The second-order valence-electron chi connectivity index (χ2n) is 18.9. The molecule has 0 saturated carbocycles.